The van der Waals surface area contributed by atoms with Crippen molar-refractivity contribution in [3.63, 3.8) is 0 Å². The standard InChI is InChI=1S/C27H36N6O2S/c1-6-23(31(4)5)25-29-30-27(33(25)18-20-12-10-9-11-13-20)36-19-24(34)28-22-16-14-21(15-17-22)26(35)32(7-2)8-3/h9-17,23H,6-8,18-19H2,1-5H3,(H,28,34)/t23-/m1/s1. The molecule has 0 aliphatic heterocycles. The van der Waals surface area contributed by atoms with Gasteiger partial charge in [0.15, 0.2) is 11.0 Å². The van der Waals surface area contributed by atoms with Crippen molar-refractivity contribution >= 4 is 29.3 Å². The Morgan fingerprint density at radius 3 is 2.22 bits per heavy atom. The van der Waals surface area contributed by atoms with Gasteiger partial charge in [-0.2, -0.15) is 0 Å². The first-order valence-electron chi connectivity index (χ1n) is 12.3. The van der Waals surface area contributed by atoms with Gasteiger partial charge in [0.25, 0.3) is 5.91 Å². The van der Waals surface area contributed by atoms with Gasteiger partial charge in [0.1, 0.15) is 0 Å². The van der Waals surface area contributed by atoms with E-state index < -0.39 is 0 Å². The second kappa shape index (κ2) is 13.2. The predicted octanol–water partition coefficient (Wildman–Crippen LogP) is 4.55. The first-order chi connectivity index (χ1) is 17.4. The second-order valence-corrected chi connectivity index (χ2v) is 9.63. The minimum Gasteiger partial charge on any atom is -0.339 e. The molecule has 0 bridgehead atoms. The molecule has 0 aliphatic carbocycles. The zero-order valence-electron chi connectivity index (χ0n) is 21.8. The van der Waals surface area contributed by atoms with E-state index in [4.69, 9.17) is 0 Å². The van der Waals surface area contributed by atoms with Crippen molar-refractivity contribution in [1.29, 1.82) is 0 Å². The van der Waals surface area contributed by atoms with Crippen molar-refractivity contribution in [2.75, 3.05) is 38.3 Å². The van der Waals surface area contributed by atoms with Crippen LogP contribution in [0, 0.1) is 0 Å². The molecule has 0 unspecified atom stereocenters. The fraction of sp³-hybridized carbons (Fsp3) is 0.407. The van der Waals surface area contributed by atoms with Crippen LogP contribution in [0.1, 0.15) is 55.0 Å². The molecule has 2 aromatic carbocycles. The number of amides is 2. The molecule has 3 aromatic rings. The molecule has 1 heterocycles. The molecule has 1 atom stereocenters. The molecule has 192 valence electrons. The van der Waals surface area contributed by atoms with Crippen molar-refractivity contribution in [2.45, 2.75) is 44.9 Å². The average Bonchev–Trinajstić information content (AvgIpc) is 3.26. The molecule has 0 saturated carbocycles. The Labute approximate surface area is 218 Å². The minimum absolute atomic E-state index is 0.00917. The maximum Gasteiger partial charge on any atom is 0.253 e. The number of rotatable bonds is 12. The molecule has 0 radical (unpaired) electrons. The number of hydrogen-bond donors (Lipinski definition) is 1. The molecule has 0 fully saturated rings. The van der Waals surface area contributed by atoms with Crippen LogP contribution in [-0.4, -0.2) is 69.3 Å². The lowest BCUT2D eigenvalue weighted by Crippen LogP contribution is -2.30. The van der Waals surface area contributed by atoms with Crippen LogP contribution in [-0.2, 0) is 11.3 Å². The fourth-order valence-corrected chi connectivity index (χ4v) is 4.81. The summed E-state index contributed by atoms with van der Waals surface area (Å²) in [6.45, 7) is 8.01. The van der Waals surface area contributed by atoms with Gasteiger partial charge in [-0.1, -0.05) is 49.0 Å². The molecular formula is C27H36N6O2S. The van der Waals surface area contributed by atoms with Crippen LogP contribution in [0.4, 0.5) is 5.69 Å². The summed E-state index contributed by atoms with van der Waals surface area (Å²) in [5, 5.41) is 12.6. The molecule has 8 nitrogen and oxygen atoms in total. The third kappa shape index (κ3) is 6.95. The van der Waals surface area contributed by atoms with E-state index in [1.807, 2.05) is 46.1 Å². The van der Waals surface area contributed by atoms with Gasteiger partial charge in [-0.05, 0) is 64.2 Å². The summed E-state index contributed by atoms with van der Waals surface area (Å²) in [7, 11) is 4.08. The largest absolute Gasteiger partial charge is 0.339 e. The third-order valence-electron chi connectivity index (χ3n) is 6.04. The van der Waals surface area contributed by atoms with Crippen molar-refractivity contribution in [2.24, 2.45) is 0 Å². The lowest BCUT2D eigenvalue weighted by Gasteiger charge is -2.23. The Kier molecular flexibility index (Phi) is 10.1. The first-order valence-corrected chi connectivity index (χ1v) is 13.3. The number of hydrogen-bond acceptors (Lipinski definition) is 6. The van der Waals surface area contributed by atoms with E-state index in [1.54, 1.807) is 29.2 Å². The lowest BCUT2D eigenvalue weighted by atomic mass is 10.2. The fourth-order valence-electron chi connectivity index (χ4n) is 4.06. The van der Waals surface area contributed by atoms with Crippen LogP contribution < -0.4 is 5.32 Å². The Balaban J connectivity index is 1.69. The van der Waals surface area contributed by atoms with E-state index in [-0.39, 0.29) is 23.6 Å². The minimum atomic E-state index is -0.140. The van der Waals surface area contributed by atoms with E-state index in [9.17, 15) is 9.59 Å². The summed E-state index contributed by atoms with van der Waals surface area (Å²) in [5.41, 5.74) is 2.42. The zero-order valence-corrected chi connectivity index (χ0v) is 22.6. The Morgan fingerprint density at radius 1 is 0.972 bits per heavy atom. The number of carbonyl (C=O) groups excluding carboxylic acids is 2. The molecule has 0 spiro atoms. The van der Waals surface area contributed by atoms with Gasteiger partial charge in [0.05, 0.1) is 18.3 Å². The molecule has 36 heavy (non-hydrogen) atoms. The molecule has 0 saturated heterocycles. The molecule has 0 aliphatic rings. The quantitative estimate of drug-likeness (QED) is 0.361. The van der Waals surface area contributed by atoms with Gasteiger partial charge < -0.3 is 14.8 Å². The topological polar surface area (TPSA) is 83.4 Å². The van der Waals surface area contributed by atoms with Gasteiger partial charge in [0, 0.05) is 24.3 Å². The molecule has 3 rings (SSSR count). The molecule has 2 amide bonds. The summed E-state index contributed by atoms with van der Waals surface area (Å²) >= 11 is 1.37. The van der Waals surface area contributed by atoms with Crippen LogP contribution >= 0.6 is 11.8 Å². The van der Waals surface area contributed by atoms with Crippen LogP contribution in [0.25, 0.3) is 0 Å². The summed E-state index contributed by atoms with van der Waals surface area (Å²) in [6.07, 6.45) is 0.901. The highest BCUT2D eigenvalue weighted by molar-refractivity contribution is 7.99. The van der Waals surface area contributed by atoms with Crippen LogP contribution in [0.3, 0.4) is 0 Å². The highest BCUT2D eigenvalue weighted by Gasteiger charge is 2.22. The normalized spacial score (nSPS) is 11.9. The second-order valence-electron chi connectivity index (χ2n) is 8.69. The van der Waals surface area contributed by atoms with Gasteiger partial charge >= 0.3 is 0 Å². The van der Waals surface area contributed by atoms with Crippen molar-refractivity contribution < 1.29 is 9.59 Å². The van der Waals surface area contributed by atoms with E-state index in [1.165, 1.54) is 11.8 Å². The number of thioether (sulfide) groups is 1. The zero-order chi connectivity index (χ0) is 26.1. The van der Waals surface area contributed by atoms with Crippen LogP contribution in [0.2, 0.25) is 0 Å². The Morgan fingerprint density at radius 2 is 1.64 bits per heavy atom. The molecular weight excluding hydrogens is 472 g/mol. The number of benzene rings is 2. The van der Waals surface area contributed by atoms with Crippen molar-refractivity contribution in [1.82, 2.24) is 24.6 Å². The van der Waals surface area contributed by atoms with Gasteiger partial charge in [-0.3, -0.25) is 14.5 Å². The summed E-state index contributed by atoms with van der Waals surface area (Å²) in [5.74, 6) is 0.942. The number of aromatic nitrogens is 3. The summed E-state index contributed by atoms with van der Waals surface area (Å²) < 4.78 is 2.11. The SMILES string of the molecule is CC[C@H](c1nnc(SCC(=O)Nc2ccc(C(=O)N(CC)CC)cc2)n1Cc1ccccc1)N(C)C. The summed E-state index contributed by atoms with van der Waals surface area (Å²) in [4.78, 5) is 29.1. The van der Waals surface area contributed by atoms with Gasteiger partial charge in [0.2, 0.25) is 5.91 Å². The lowest BCUT2D eigenvalue weighted by molar-refractivity contribution is -0.113. The third-order valence-corrected chi connectivity index (χ3v) is 7.00. The van der Waals surface area contributed by atoms with Gasteiger partial charge in [-0.15, -0.1) is 10.2 Å². The van der Waals surface area contributed by atoms with E-state index >= 15 is 0 Å². The van der Waals surface area contributed by atoms with Crippen molar-refractivity contribution in [3.8, 4) is 0 Å². The van der Waals surface area contributed by atoms with Crippen LogP contribution in [0.15, 0.2) is 59.8 Å². The number of nitrogens with one attached hydrogen (secondary N) is 1. The maximum atomic E-state index is 12.7. The van der Waals surface area contributed by atoms with E-state index in [2.05, 4.69) is 44.0 Å². The average molecular weight is 509 g/mol. The molecule has 1 aromatic heterocycles. The number of carbonyl (C=O) groups is 2. The van der Waals surface area contributed by atoms with Crippen molar-refractivity contribution in [3.05, 3.63) is 71.5 Å². The number of anilines is 1. The van der Waals surface area contributed by atoms with E-state index in [0.29, 0.717) is 36.0 Å². The van der Waals surface area contributed by atoms with Gasteiger partial charge in [-0.25, -0.2) is 0 Å². The first kappa shape index (κ1) is 27.4. The molecule has 1 N–H and O–H groups in total. The Bertz CT molecular complexity index is 1130. The Hall–Kier alpha value is -3.17. The highest BCUT2D eigenvalue weighted by atomic mass is 32.2. The van der Waals surface area contributed by atoms with E-state index in [0.717, 1.165) is 17.8 Å². The summed E-state index contributed by atoms with van der Waals surface area (Å²) in [6, 6.07) is 17.3. The number of nitrogens with zero attached hydrogens (tertiary/aromatic N) is 5. The van der Waals surface area contributed by atoms with Crippen LogP contribution in [0.5, 0.6) is 0 Å². The monoisotopic (exact) mass is 508 g/mol. The highest BCUT2D eigenvalue weighted by Crippen LogP contribution is 2.26. The maximum absolute atomic E-state index is 12.7. The predicted molar refractivity (Wildman–Crippen MR) is 145 cm³/mol. The smallest absolute Gasteiger partial charge is 0.253 e. The molecule has 9 heteroatoms.